The number of thiophene rings is 1. The van der Waals surface area contributed by atoms with E-state index in [-0.39, 0.29) is 17.5 Å². The third-order valence-electron chi connectivity index (χ3n) is 2.75. The van der Waals surface area contributed by atoms with Crippen LogP contribution in [0.25, 0.3) is 0 Å². The number of halogens is 1. The molecule has 1 amide bonds. The minimum atomic E-state index is -0.451. The number of rotatable bonds is 3. The first-order valence-electron chi connectivity index (χ1n) is 5.69. The van der Waals surface area contributed by atoms with Gasteiger partial charge in [-0.05, 0) is 36.9 Å². The molecule has 1 unspecified atom stereocenters. The number of amides is 1. The average molecular weight is 263 g/mol. The maximum atomic E-state index is 13.8. The first-order chi connectivity index (χ1) is 8.59. The molecule has 1 atom stereocenters. The summed E-state index contributed by atoms with van der Waals surface area (Å²) >= 11 is 1.57. The van der Waals surface area contributed by atoms with Crippen LogP contribution in [-0.4, -0.2) is 5.91 Å². The number of hydrogen-bond acceptors (Lipinski definition) is 2. The van der Waals surface area contributed by atoms with E-state index in [2.05, 4.69) is 5.32 Å². The van der Waals surface area contributed by atoms with Crippen LogP contribution in [0.4, 0.5) is 4.39 Å². The Morgan fingerprint density at radius 2 is 2.11 bits per heavy atom. The van der Waals surface area contributed by atoms with E-state index < -0.39 is 5.82 Å². The topological polar surface area (TPSA) is 29.1 Å². The van der Waals surface area contributed by atoms with Gasteiger partial charge in [0.25, 0.3) is 5.91 Å². The molecule has 0 fully saturated rings. The summed E-state index contributed by atoms with van der Waals surface area (Å²) in [5.74, 6) is -0.828. The molecule has 1 aromatic heterocycles. The monoisotopic (exact) mass is 263 g/mol. The van der Waals surface area contributed by atoms with Crippen LogP contribution >= 0.6 is 11.3 Å². The third-order valence-corrected chi connectivity index (χ3v) is 3.81. The molecule has 0 aliphatic heterocycles. The van der Waals surface area contributed by atoms with Gasteiger partial charge in [-0.25, -0.2) is 4.39 Å². The number of carbonyl (C=O) groups excluding carboxylic acids is 1. The molecule has 1 aromatic carbocycles. The quantitative estimate of drug-likeness (QED) is 0.899. The summed E-state index contributed by atoms with van der Waals surface area (Å²) in [5.41, 5.74) is 0.574. The lowest BCUT2D eigenvalue weighted by Crippen LogP contribution is -2.27. The van der Waals surface area contributed by atoms with Crippen molar-refractivity contribution < 1.29 is 9.18 Å². The summed E-state index contributed by atoms with van der Waals surface area (Å²) in [4.78, 5) is 13.0. The number of carbonyl (C=O) groups is 1. The van der Waals surface area contributed by atoms with E-state index in [9.17, 15) is 9.18 Å². The van der Waals surface area contributed by atoms with E-state index in [1.807, 2.05) is 24.4 Å². The Kier molecular flexibility index (Phi) is 3.77. The minimum Gasteiger partial charge on any atom is -0.345 e. The second-order valence-electron chi connectivity index (χ2n) is 4.15. The van der Waals surface area contributed by atoms with Gasteiger partial charge < -0.3 is 5.32 Å². The Morgan fingerprint density at radius 3 is 2.78 bits per heavy atom. The highest BCUT2D eigenvalue weighted by Crippen LogP contribution is 2.19. The average Bonchev–Trinajstić information content (AvgIpc) is 2.86. The van der Waals surface area contributed by atoms with Crippen molar-refractivity contribution in [3.63, 3.8) is 0 Å². The van der Waals surface area contributed by atoms with E-state index in [0.29, 0.717) is 5.56 Å². The smallest absolute Gasteiger partial charge is 0.254 e. The molecule has 94 valence electrons. The van der Waals surface area contributed by atoms with Gasteiger partial charge in [0, 0.05) is 4.88 Å². The molecule has 1 heterocycles. The molecule has 2 aromatic rings. The zero-order chi connectivity index (χ0) is 13.1. The summed E-state index contributed by atoms with van der Waals surface area (Å²) < 4.78 is 13.8. The molecule has 0 spiro atoms. The fraction of sp³-hybridized carbons (Fsp3) is 0.214. The second-order valence-corrected chi connectivity index (χ2v) is 5.13. The molecular formula is C14H14FNOS. The number of nitrogens with one attached hydrogen (secondary N) is 1. The Labute approximate surface area is 109 Å². The fourth-order valence-electron chi connectivity index (χ4n) is 1.71. The highest BCUT2D eigenvalue weighted by Gasteiger charge is 2.16. The van der Waals surface area contributed by atoms with Crippen molar-refractivity contribution in [1.82, 2.24) is 5.32 Å². The zero-order valence-corrected chi connectivity index (χ0v) is 11.1. The Bertz CT molecular complexity index is 551. The predicted molar refractivity (Wildman–Crippen MR) is 71.3 cm³/mol. The first kappa shape index (κ1) is 12.8. The number of hydrogen-bond donors (Lipinski definition) is 1. The molecule has 2 rings (SSSR count). The van der Waals surface area contributed by atoms with Crippen LogP contribution in [-0.2, 0) is 0 Å². The summed E-state index contributed by atoms with van der Waals surface area (Å²) in [6, 6.07) is 8.59. The zero-order valence-electron chi connectivity index (χ0n) is 10.2. The van der Waals surface area contributed by atoms with Crippen molar-refractivity contribution in [3.05, 3.63) is 57.5 Å². The molecule has 18 heavy (non-hydrogen) atoms. The fourth-order valence-corrected chi connectivity index (χ4v) is 2.44. The van der Waals surface area contributed by atoms with Crippen LogP contribution in [0.1, 0.15) is 33.8 Å². The Morgan fingerprint density at radius 1 is 1.33 bits per heavy atom. The molecular weight excluding hydrogens is 249 g/mol. The molecule has 0 bridgehead atoms. The van der Waals surface area contributed by atoms with Crippen molar-refractivity contribution in [2.75, 3.05) is 0 Å². The van der Waals surface area contributed by atoms with Crippen LogP contribution < -0.4 is 5.32 Å². The van der Waals surface area contributed by atoms with Crippen LogP contribution in [0.2, 0.25) is 0 Å². The van der Waals surface area contributed by atoms with E-state index in [1.54, 1.807) is 30.4 Å². The van der Waals surface area contributed by atoms with Gasteiger partial charge in [0.15, 0.2) is 0 Å². The van der Waals surface area contributed by atoms with E-state index >= 15 is 0 Å². The molecule has 0 radical (unpaired) electrons. The van der Waals surface area contributed by atoms with E-state index in [4.69, 9.17) is 0 Å². The van der Waals surface area contributed by atoms with Crippen molar-refractivity contribution >= 4 is 17.2 Å². The summed E-state index contributed by atoms with van der Waals surface area (Å²) in [7, 11) is 0. The van der Waals surface area contributed by atoms with Crippen molar-refractivity contribution in [1.29, 1.82) is 0 Å². The first-order valence-corrected chi connectivity index (χ1v) is 6.57. The number of aryl methyl sites for hydroxylation is 1. The van der Waals surface area contributed by atoms with Crippen molar-refractivity contribution in [2.45, 2.75) is 19.9 Å². The third kappa shape index (κ3) is 2.59. The molecule has 1 N–H and O–H groups in total. The Hall–Kier alpha value is -1.68. The van der Waals surface area contributed by atoms with Crippen molar-refractivity contribution in [2.24, 2.45) is 0 Å². The molecule has 0 aliphatic rings. The van der Waals surface area contributed by atoms with E-state index in [1.165, 1.54) is 6.07 Å². The van der Waals surface area contributed by atoms with Crippen LogP contribution in [0.5, 0.6) is 0 Å². The van der Waals surface area contributed by atoms with Gasteiger partial charge >= 0.3 is 0 Å². The summed E-state index contributed by atoms with van der Waals surface area (Å²) in [6.45, 7) is 3.53. The molecule has 4 heteroatoms. The van der Waals surface area contributed by atoms with Gasteiger partial charge in [-0.2, -0.15) is 0 Å². The van der Waals surface area contributed by atoms with Crippen LogP contribution in [0.15, 0.2) is 35.7 Å². The van der Waals surface area contributed by atoms with Crippen LogP contribution in [0, 0.1) is 12.7 Å². The molecule has 0 aliphatic carbocycles. The van der Waals surface area contributed by atoms with Gasteiger partial charge in [-0.1, -0.05) is 18.2 Å². The highest BCUT2D eigenvalue weighted by atomic mass is 32.1. The van der Waals surface area contributed by atoms with Crippen LogP contribution in [0.3, 0.4) is 0 Å². The summed E-state index contributed by atoms with van der Waals surface area (Å²) in [6.07, 6.45) is 0. The Balaban J connectivity index is 2.15. The lowest BCUT2D eigenvalue weighted by molar-refractivity contribution is 0.0936. The minimum absolute atomic E-state index is 0.0957. The SMILES string of the molecule is Cc1cccc(C(=O)NC(C)c2cccs2)c1F. The maximum absolute atomic E-state index is 13.8. The molecule has 0 saturated heterocycles. The van der Waals surface area contributed by atoms with E-state index in [0.717, 1.165) is 4.88 Å². The normalized spacial score (nSPS) is 12.2. The molecule has 0 saturated carbocycles. The van der Waals surface area contributed by atoms with Gasteiger partial charge in [-0.15, -0.1) is 11.3 Å². The maximum Gasteiger partial charge on any atom is 0.254 e. The second kappa shape index (κ2) is 5.31. The van der Waals surface area contributed by atoms with Crippen molar-refractivity contribution in [3.8, 4) is 0 Å². The lowest BCUT2D eigenvalue weighted by Gasteiger charge is -2.13. The summed E-state index contributed by atoms with van der Waals surface area (Å²) in [5, 5.41) is 4.75. The number of benzene rings is 1. The lowest BCUT2D eigenvalue weighted by atomic mass is 10.1. The highest BCUT2D eigenvalue weighted by molar-refractivity contribution is 7.10. The van der Waals surface area contributed by atoms with Gasteiger partial charge in [0.2, 0.25) is 0 Å². The predicted octanol–water partition coefficient (Wildman–Crippen LogP) is 3.69. The molecule has 2 nitrogen and oxygen atoms in total. The van der Waals surface area contributed by atoms with Gasteiger partial charge in [0.1, 0.15) is 5.82 Å². The largest absolute Gasteiger partial charge is 0.345 e. The van der Waals surface area contributed by atoms with Gasteiger partial charge in [-0.3, -0.25) is 4.79 Å². The van der Waals surface area contributed by atoms with Gasteiger partial charge in [0.05, 0.1) is 11.6 Å². The standard InChI is InChI=1S/C14H14FNOS/c1-9-5-3-6-11(13(9)15)14(17)16-10(2)12-7-4-8-18-12/h3-8,10H,1-2H3,(H,16,17).